The average molecular weight is 382 g/mol. The Bertz CT molecular complexity index is 813. The van der Waals surface area contributed by atoms with Crippen molar-refractivity contribution < 1.29 is 14.3 Å². The molecule has 148 valence electrons. The van der Waals surface area contributed by atoms with E-state index in [0.717, 1.165) is 5.82 Å². The standard InChI is InChI=1S/C21H26N4O3/c1-21(2,19(26)23-16-7-9-17(28-3)10-8-16)20(27)25-14-12-24(13-15-25)18-6-4-5-11-22-18/h4-11H,12-15H2,1-3H3,(H,23,26). The van der Waals surface area contributed by atoms with E-state index in [1.165, 1.54) is 0 Å². The Kier molecular flexibility index (Phi) is 5.82. The number of anilines is 2. The van der Waals surface area contributed by atoms with Gasteiger partial charge < -0.3 is 19.9 Å². The number of hydrogen-bond acceptors (Lipinski definition) is 5. The van der Waals surface area contributed by atoms with Crippen molar-refractivity contribution >= 4 is 23.3 Å². The van der Waals surface area contributed by atoms with E-state index < -0.39 is 5.41 Å². The fraction of sp³-hybridized carbons (Fsp3) is 0.381. The number of nitrogens with zero attached hydrogens (tertiary/aromatic N) is 3. The molecular weight excluding hydrogens is 356 g/mol. The van der Waals surface area contributed by atoms with Crippen molar-refractivity contribution in [1.29, 1.82) is 0 Å². The monoisotopic (exact) mass is 382 g/mol. The molecule has 0 atom stereocenters. The molecule has 1 aliphatic heterocycles. The van der Waals surface area contributed by atoms with Crippen LogP contribution in [-0.2, 0) is 9.59 Å². The molecule has 1 N–H and O–H groups in total. The van der Waals surface area contributed by atoms with Crippen molar-refractivity contribution in [1.82, 2.24) is 9.88 Å². The zero-order valence-electron chi connectivity index (χ0n) is 16.5. The molecule has 2 aromatic rings. The molecule has 2 heterocycles. The smallest absolute Gasteiger partial charge is 0.239 e. The van der Waals surface area contributed by atoms with Gasteiger partial charge in [0.25, 0.3) is 0 Å². The molecule has 1 aliphatic rings. The lowest BCUT2D eigenvalue weighted by Crippen LogP contribution is -2.54. The van der Waals surface area contributed by atoms with E-state index in [2.05, 4.69) is 15.2 Å². The van der Waals surface area contributed by atoms with Crippen molar-refractivity contribution in [3.8, 4) is 5.75 Å². The molecule has 0 spiro atoms. The summed E-state index contributed by atoms with van der Waals surface area (Å²) in [7, 11) is 1.59. The van der Waals surface area contributed by atoms with Gasteiger partial charge in [-0.05, 0) is 50.2 Å². The highest BCUT2D eigenvalue weighted by Crippen LogP contribution is 2.24. The van der Waals surface area contributed by atoms with Crippen molar-refractivity contribution in [2.24, 2.45) is 5.41 Å². The summed E-state index contributed by atoms with van der Waals surface area (Å²) in [6.07, 6.45) is 1.76. The minimum atomic E-state index is -1.16. The Labute approximate surface area is 165 Å². The molecule has 0 bridgehead atoms. The van der Waals surface area contributed by atoms with Gasteiger partial charge in [0.05, 0.1) is 7.11 Å². The van der Waals surface area contributed by atoms with Gasteiger partial charge in [-0.25, -0.2) is 4.98 Å². The maximum atomic E-state index is 13.0. The number of piperazine rings is 1. The Morgan fingerprint density at radius 1 is 1.04 bits per heavy atom. The molecule has 7 heteroatoms. The van der Waals surface area contributed by atoms with Crippen LogP contribution in [0.1, 0.15) is 13.8 Å². The SMILES string of the molecule is COc1ccc(NC(=O)C(C)(C)C(=O)N2CCN(c3ccccn3)CC2)cc1. The molecular formula is C21H26N4O3. The van der Waals surface area contributed by atoms with E-state index in [0.29, 0.717) is 37.6 Å². The minimum absolute atomic E-state index is 0.167. The average Bonchev–Trinajstić information content (AvgIpc) is 2.74. The second-order valence-corrected chi connectivity index (χ2v) is 7.27. The van der Waals surface area contributed by atoms with Crippen LogP contribution in [-0.4, -0.2) is 55.0 Å². The van der Waals surface area contributed by atoms with Gasteiger partial charge in [0.2, 0.25) is 11.8 Å². The fourth-order valence-electron chi connectivity index (χ4n) is 3.13. The van der Waals surface area contributed by atoms with E-state index in [1.54, 1.807) is 56.3 Å². The van der Waals surface area contributed by atoms with Gasteiger partial charge in [-0.15, -0.1) is 0 Å². The van der Waals surface area contributed by atoms with Crippen molar-refractivity contribution in [2.75, 3.05) is 43.5 Å². The molecule has 2 amide bonds. The van der Waals surface area contributed by atoms with Crippen LogP contribution >= 0.6 is 0 Å². The number of carbonyl (C=O) groups is 2. The first kappa shape index (κ1) is 19.7. The number of ether oxygens (including phenoxy) is 1. The molecule has 3 rings (SSSR count). The first-order valence-electron chi connectivity index (χ1n) is 9.32. The van der Waals surface area contributed by atoms with Gasteiger partial charge in [0.15, 0.2) is 0 Å². The largest absolute Gasteiger partial charge is 0.497 e. The third kappa shape index (κ3) is 4.24. The van der Waals surface area contributed by atoms with Gasteiger partial charge >= 0.3 is 0 Å². The summed E-state index contributed by atoms with van der Waals surface area (Å²) in [4.78, 5) is 34.0. The highest BCUT2D eigenvalue weighted by Gasteiger charge is 2.40. The number of amides is 2. The summed E-state index contributed by atoms with van der Waals surface area (Å²) in [5, 5.41) is 2.83. The Morgan fingerprint density at radius 3 is 2.29 bits per heavy atom. The molecule has 0 saturated carbocycles. The number of rotatable bonds is 5. The van der Waals surface area contributed by atoms with E-state index in [9.17, 15) is 9.59 Å². The topological polar surface area (TPSA) is 74.8 Å². The molecule has 1 fully saturated rings. The van der Waals surface area contributed by atoms with Gasteiger partial charge in [-0.3, -0.25) is 9.59 Å². The molecule has 0 aliphatic carbocycles. The van der Waals surface area contributed by atoms with Crippen molar-refractivity contribution in [3.63, 3.8) is 0 Å². The second kappa shape index (κ2) is 8.29. The summed E-state index contributed by atoms with van der Waals surface area (Å²) in [6.45, 7) is 5.85. The molecule has 0 radical (unpaired) electrons. The zero-order chi connectivity index (χ0) is 20.1. The predicted octanol–water partition coefficient (Wildman–Crippen LogP) is 2.40. The van der Waals surface area contributed by atoms with Gasteiger partial charge in [-0.1, -0.05) is 6.07 Å². The third-order valence-corrected chi connectivity index (χ3v) is 4.99. The Hall–Kier alpha value is -3.09. The number of aromatic nitrogens is 1. The summed E-state index contributed by atoms with van der Waals surface area (Å²) < 4.78 is 5.12. The fourth-order valence-corrected chi connectivity index (χ4v) is 3.13. The Balaban J connectivity index is 1.59. The van der Waals surface area contributed by atoms with Gasteiger partial charge in [0.1, 0.15) is 17.0 Å². The first-order chi connectivity index (χ1) is 13.4. The molecule has 0 unspecified atom stereocenters. The zero-order valence-corrected chi connectivity index (χ0v) is 16.5. The minimum Gasteiger partial charge on any atom is -0.497 e. The number of carbonyl (C=O) groups excluding carboxylic acids is 2. The lowest BCUT2D eigenvalue weighted by atomic mass is 9.89. The maximum absolute atomic E-state index is 13.0. The van der Waals surface area contributed by atoms with Gasteiger partial charge in [0, 0.05) is 38.1 Å². The first-order valence-corrected chi connectivity index (χ1v) is 9.32. The van der Waals surface area contributed by atoms with E-state index in [1.807, 2.05) is 18.2 Å². The normalized spacial score (nSPS) is 14.5. The lowest BCUT2D eigenvalue weighted by molar-refractivity contribution is -0.146. The molecule has 7 nitrogen and oxygen atoms in total. The summed E-state index contributed by atoms with van der Waals surface area (Å²) in [6, 6.07) is 12.8. The van der Waals surface area contributed by atoms with Crippen LogP contribution in [0.3, 0.4) is 0 Å². The van der Waals surface area contributed by atoms with Crippen LogP contribution in [0.4, 0.5) is 11.5 Å². The second-order valence-electron chi connectivity index (χ2n) is 7.27. The summed E-state index contributed by atoms with van der Waals surface area (Å²) >= 11 is 0. The molecule has 28 heavy (non-hydrogen) atoms. The summed E-state index contributed by atoms with van der Waals surface area (Å²) in [5.41, 5.74) is -0.528. The van der Waals surface area contributed by atoms with Crippen molar-refractivity contribution in [2.45, 2.75) is 13.8 Å². The number of methoxy groups -OCH3 is 1. The Morgan fingerprint density at radius 2 is 1.71 bits per heavy atom. The van der Waals surface area contributed by atoms with Crippen LogP contribution in [0.15, 0.2) is 48.7 Å². The van der Waals surface area contributed by atoms with Crippen LogP contribution in [0.5, 0.6) is 5.75 Å². The van der Waals surface area contributed by atoms with E-state index >= 15 is 0 Å². The highest BCUT2D eigenvalue weighted by atomic mass is 16.5. The van der Waals surface area contributed by atoms with Crippen LogP contribution in [0.25, 0.3) is 0 Å². The van der Waals surface area contributed by atoms with Crippen LogP contribution in [0.2, 0.25) is 0 Å². The number of pyridine rings is 1. The van der Waals surface area contributed by atoms with Gasteiger partial charge in [-0.2, -0.15) is 0 Å². The molecule has 1 aromatic heterocycles. The van der Waals surface area contributed by atoms with Crippen molar-refractivity contribution in [3.05, 3.63) is 48.7 Å². The van der Waals surface area contributed by atoms with Crippen LogP contribution in [0, 0.1) is 5.41 Å². The number of hydrogen-bond donors (Lipinski definition) is 1. The highest BCUT2D eigenvalue weighted by molar-refractivity contribution is 6.09. The molecule has 1 saturated heterocycles. The number of nitrogens with one attached hydrogen (secondary N) is 1. The quantitative estimate of drug-likeness (QED) is 0.804. The maximum Gasteiger partial charge on any atom is 0.239 e. The third-order valence-electron chi connectivity index (χ3n) is 4.99. The lowest BCUT2D eigenvalue weighted by Gasteiger charge is -2.38. The van der Waals surface area contributed by atoms with Crippen LogP contribution < -0.4 is 15.0 Å². The predicted molar refractivity (Wildman–Crippen MR) is 108 cm³/mol. The van der Waals surface area contributed by atoms with E-state index in [4.69, 9.17) is 4.74 Å². The molecule has 1 aromatic carbocycles. The van der Waals surface area contributed by atoms with E-state index in [-0.39, 0.29) is 11.8 Å². The number of benzene rings is 1. The summed E-state index contributed by atoms with van der Waals surface area (Å²) in [5.74, 6) is 1.12.